The molecule has 0 N–H and O–H groups in total. The van der Waals surface area contributed by atoms with Gasteiger partial charge in [-0.2, -0.15) is 8.61 Å². The van der Waals surface area contributed by atoms with E-state index in [0.29, 0.717) is 18.7 Å². The summed E-state index contributed by atoms with van der Waals surface area (Å²) in [6.45, 7) is 1.16. The number of hydrogen-bond donors (Lipinski definition) is 0. The van der Waals surface area contributed by atoms with E-state index in [2.05, 4.69) is 0 Å². The number of amides is 1. The number of nitrogens with zero attached hydrogens (tertiary/aromatic N) is 4. The van der Waals surface area contributed by atoms with E-state index in [4.69, 9.17) is 0 Å². The Kier molecular flexibility index (Phi) is 7.22. The number of piperazine rings is 1. The molecule has 2 saturated heterocycles. The molecule has 2 fully saturated rings. The Hall–Kier alpha value is -2.87. The van der Waals surface area contributed by atoms with Gasteiger partial charge < -0.3 is 4.90 Å². The minimum atomic E-state index is -4.10. The number of hydrogen-bond acceptors (Lipinski definition) is 7. The van der Waals surface area contributed by atoms with Crippen LogP contribution in [0.2, 0.25) is 0 Å². The first-order valence-electron chi connectivity index (χ1n) is 11.3. The van der Waals surface area contributed by atoms with Crippen LogP contribution in [0, 0.1) is 10.1 Å². The second-order valence-electron chi connectivity index (χ2n) is 8.41. The minimum Gasteiger partial charge on any atom is -0.336 e. The molecule has 0 bridgehead atoms. The highest BCUT2D eigenvalue weighted by molar-refractivity contribution is 7.89. The van der Waals surface area contributed by atoms with Gasteiger partial charge in [-0.3, -0.25) is 14.9 Å². The van der Waals surface area contributed by atoms with E-state index in [1.165, 1.54) is 51.7 Å². The first-order valence-corrected chi connectivity index (χ1v) is 14.1. The standard InChI is InChI=1S/C22H26N4O7S2/c27-22(18-8-10-19(11-9-18)34(30,31)24-12-4-1-5-13-24)23-14-16-25(17-15-23)35(32,33)21-7-3-2-6-20(21)26(28)29/h2-3,6-11H,1,4-5,12-17H2. The molecule has 0 atom stereocenters. The molecule has 0 unspecified atom stereocenters. The molecule has 4 rings (SSSR count). The topological polar surface area (TPSA) is 138 Å². The van der Waals surface area contributed by atoms with Gasteiger partial charge >= 0.3 is 0 Å². The minimum absolute atomic E-state index is 0.0124. The molecule has 188 valence electrons. The molecule has 2 aromatic carbocycles. The van der Waals surface area contributed by atoms with E-state index < -0.39 is 30.7 Å². The van der Waals surface area contributed by atoms with Gasteiger partial charge in [0.2, 0.25) is 20.0 Å². The maximum atomic E-state index is 13.0. The second kappa shape index (κ2) is 10.0. The summed E-state index contributed by atoms with van der Waals surface area (Å²) in [6.07, 6.45) is 2.67. The summed E-state index contributed by atoms with van der Waals surface area (Å²) < 4.78 is 54.2. The lowest BCUT2D eigenvalue weighted by Gasteiger charge is -2.34. The molecule has 11 nitrogen and oxygen atoms in total. The lowest BCUT2D eigenvalue weighted by Crippen LogP contribution is -2.50. The van der Waals surface area contributed by atoms with Crippen molar-refractivity contribution in [2.75, 3.05) is 39.3 Å². The summed E-state index contributed by atoms with van der Waals surface area (Å²) in [5, 5.41) is 11.3. The summed E-state index contributed by atoms with van der Waals surface area (Å²) in [4.78, 5) is 24.7. The number of carbonyl (C=O) groups is 1. The average molecular weight is 523 g/mol. The van der Waals surface area contributed by atoms with Crippen LogP contribution in [0.1, 0.15) is 29.6 Å². The van der Waals surface area contributed by atoms with Crippen LogP contribution in [-0.4, -0.2) is 80.4 Å². The lowest BCUT2D eigenvalue weighted by molar-refractivity contribution is -0.387. The molecule has 0 aliphatic carbocycles. The fraction of sp³-hybridized carbons (Fsp3) is 0.409. The van der Waals surface area contributed by atoms with Gasteiger partial charge in [-0.1, -0.05) is 18.6 Å². The van der Waals surface area contributed by atoms with Crippen LogP contribution in [0.4, 0.5) is 5.69 Å². The number of benzene rings is 2. The number of rotatable bonds is 6. The molecule has 0 saturated carbocycles. The van der Waals surface area contributed by atoms with Crippen LogP contribution < -0.4 is 0 Å². The van der Waals surface area contributed by atoms with Gasteiger partial charge in [0.05, 0.1) is 9.82 Å². The Morgan fingerprint density at radius 1 is 0.743 bits per heavy atom. The highest BCUT2D eigenvalue weighted by Gasteiger charge is 2.34. The molecule has 2 aromatic rings. The maximum Gasteiger partial charge on any atom is 0.289 e. The molecule has 0 aromatic heterocycles. The summed E-state index contributed by atoms with van der Waals surface area (Å²) in [5.41, 5.74) is -0.191. The third-order valence-electron chi connectivity index (χ3n) is 6.26. The van der Waals surface area contributed by atoms with Crippen molar-refractivity contribution in [3.05, 3.63) is 64.2 Å². The highest BCUT2D eigenvalue weighted by Crippen LogP contribution is 2.27. The Labute approximate surface area is 204 Å². The van der Waals surface area contributed by atoms with Crippen molar-refractivity contribution in [3.63, 3.8) is 0 Å². The van der Waals surface area contributed by atoms with Crippen molar-refractivity contribution in [2.45, 2.75) is 29.1 Å². The molecule has 13 heteroatoms. The summed E-state index contributed by atoms with van der Waals surface area (Å²) >= 11 is 0. The number of sulfonamides is 2. The van der Waals surface area contributed by atoms with Gasteiger partial charge in [-0.15, -0.1) is 0 Å². The zero-order valence-corrected chi connectivity index (χ0v) is 20.6. The van der Waals surface area contributed by atoms with E-state index in [1.54, 1.807) is 0 Å². The summed E-state index contributed by atoms with van der Waals surface area (Å²) in [7, 11) is -7.70. The zero-order valence-electron chi connectivity index (χ0n) is 18.9. The third-order valence-corrected chi connectivity index (χ3v) is 10.1. The van der Waals surface area contributed by atoms with Crippen LogP contribution >= 0.6 is 0 Å². The largest absolute Gasteiger partial charge is 0.336 e. The van der Waals surface area contributed by atoms with Gasteiger partial charge in [0.25, 0.3) is 11.6 Å². The fourth-order valence-corrected chi connectivity index (χ4v) is 7.40. The molecular formula is C22H26N4O7S2. The van der Waals surface area contributed by atoms with Gasteiger partial charge in [0, 0.05) is 50.9 Å². The number of carbonyl (C=O) groups excluding carboxylic acids is 1. The smallest absolute Gasteiger partial charge is 0.289 e. The van der Waals surface area contributed by atoms with Crippen molar-refractivity contribution in [2.24, 2.45) is 0 Å². The number of nitro benzene ring substituents is 1. The first-order chi connectivity index (χ1) is 16.6. The van der Waals surface area contributed by atoms with Crippen molar-refractivity contribution in [1.29, 1.82) is 0 Å². The van der Waals surface area contributed by atoms with Gasteiger partial charge in [-0.25, -0.2) is 16.8 Å². The average Bonchev–Trinajstić information content (AvgIpc) is 2.89. The van der Waals surface area contributed by atoms with E-state index in [9.17, 15) is 31.7 Å². The Morgan fingerprint density at radius 3 is 1.91 bits per heavy atom. The Bertz CT molecular complexity index is 1310. The Morgan fingerprint density at radius 2 is 1.31 bits per heavy atom. The molecule has 35 heavy (non-hydrogen) atoms. The number of piperidine rings is 1. The predicted octanol–water partition coefficient (Wildman–Crippen LogP) is 1.92. The number of para-hydroxylation sites is 1. The summed E-state index contributed by atoms with van der Waals surface area (Å²) in [5.74, 6) is -0.338. The normalized spacial score (nSPS) is 18.3. The van der Waals surface area contributed by atoms with E-state index >= 15 is 0 Å². The maximum absolute atomic E-state index is 13.0. The number of nitro groups is 1. The van der Waals surface area contributed by atoms with Crippen molar-refractivity contribution >= 4 is 31.6 Å². The van der Waals surface area contributed by atoms with Crippen LogP contribution in [-0.2, 0) is 20.0 Å². The molecule has 0 spiro atoms. The van der Waals surface area contributed by atoms with Crippen molar-refractivity contribution in [3.8, 4) is 0 Å². The molecule has 2 aliphatic heterocycles. The molecular weight excluding hydrogens is 496 g/mol. The van der Waals surface area contributed by atoms with Crippen molar-refractivity contribution in [1.82, 2.24) is 13.5 Å². The zero-order chi connectivity index (χ0) is 25.2. The predicted molar refractivity (Wildman–Crippen MR) is 127 cm³/mol. The third kappa shape index (κ3) is 5.08. The quantitative estimate of drug-likeness (QED) is 0.417. The van der Waals surface area contributed by atoms with Crippen LogP contribution in [0.15, 0.2) is 58.3 Å². The van der Waals surface area contributed by atoms with Gasteiger partial charge in [-0.05, 0) is 43.2 Å². The Balaban J connectivity index is 1.43. The summed E-state index contributed by atoms with van der Waals surface area (Å²) in [6, 6.07) is 10.9. The van der Waals surface area contributed by atoms with E-state index in [0.717, 1.165) is 29.6 Å². The van der Waals surface area contributed by atoms with Crippen molar-refractivity contribution < 1.29 is 26.6 Å². The van der Waals surface area contributed by atoms with Gasteiger partial charge in [0.15, 0.2) is 4.90 Å². The molecule has 1 amide bonds. The van der Waals surface area contributed by atoms with E-state index in [-0.39, 0.29) is 41.9 Å². The van der Waals surface area contributed by atoms with Crippen LogP contribution in [0.5, 0.6) is 0 Å². The van der Waals surface area contributed by atoms with Gasteiger partial charge in [0.1, 0.15) is 0 Å². The molecule has 2 aliphatic rings. The monoisotopic (exact) mass is 522 g/mol. The second-order valence-corrected chi connectivity index (χ2v) is 12.3. The highest BCUT2D eigenvalue weighted by atomic mass is 32.2. The van der Waals surface area contributed by atoms with Crippen LogP contribution in [0.3, 0.4) is 0 Å². The molecule has 0 radical (unpaired) electrons. The SMILES string of the molecule is O=C(c1ccc(S(=O)(=O)N2CCCCC2)cc1)N1CCN(S(=O)(=O)c2ccccc2[N+](=O)[O-])CC1. The lowest BCUT2D eigenvalue weighted by atomic mass is 10.2. The molecule has 2 heterocycles. The van der Waals surface area contributed by atoms with Crippen LogP contribution in [0.25, 0.3) is 0 Å². The van der Waals surface area contributed by atoms with E-state index in [1.807, 2.05) is 0 Å². The fourth-order valence-electron chi connectivity index (χ4n) is 4.30. The first kappa shape index (κ1) is 25.2.